The summed E-state index contributed by atoms with van der Waals surface area (Å²) >= 11 is 3.78. The van der Waals surface area contributed by atoms with Crippen LogP contribution in [0.3, 0.4) is 0 Å². The quantitative estimate of drug-likeness (QED) is 0.696. The molecule has 0 atom stereocenters. The first kappa shape index (κ1) is 13.9. The third-order valence-corrected chi connectivity index (χ3v) is 6.13. The van der Waals surface area contributed by atoms with Crippen LogP contribution >= 0.6 is 15.9 Å². The van der Waals surface area contributed by atoms with Gasteiger partial charge in [-0.05, 0) is 56.0 Å². The minimum absolute atomic E-state index is 0.575. The lowest BCUT2D eigenvalue weighted by atomic mass is 9.85. The van der Waals surface area contributed by atoms with E-state index in [1.54, 1.807) is 0 Å². The van der Waals surface area contributed by atoms with Crippen LogP contribution in [-0.4, -0.2) is 29.9 Å². The third-order valence-electron chi connectivity index (χ3n) is 4.94. The highest BCUT2D eigenvalue weighted by Gasteiger charge is 2.35. The molecule has 1 saturated carbocycles. The van der Waals surface area contributed by atoms with Crippen LogP contribution in [0, 0.1) is 10.8 Å². The topological polar surface area (TPSA) is 3.24 Å². The van der Waals surface area contributed by atoms with Gasteiger partial charge in [0, 0.05) is 11.9 Å². The molecule has 2 heteroatoms. The standard InChI is InChI=1S/C15H28BrN/c1-14(2)6-5-10-17(11-9-14)13-15(12-16)7-3-4-8-15/h3-13H2,1-2H3. The molecule has 1 saturated heterocycles. The second kappa shape index (κ2) is 5.61. The van der Waals surface area contributed by atoms with Gasteiger partial charge in [0.15, 0.2) is 0 Å². The Bertz CT molecular complexity index is 243. The Labute approximate surface area is 115 Å². The molecule has 2 fully saturated rings. The summed E-state index contributed by atoms with van der Waals surface area (Å²) in [5.74, 6) is 0. The van der Waals surface area contributed by atoms with Gasteiger partial charge >= 0.3 is 0 Å². The Balaban J connectivity index is 1.90. The fourth-order valence-electron chi connectivity index (χ4n) is 3.57. The van der Waals surface area contributed by atoms with Gasteiger partial charge in [-0.15, -0.1) is 0 Å². The lowest BCUT2D eigenvalue weighted by Crippen LogP contribution is -2.38. The molecule has 0 amide bonds. The van der Waals surface area contributed by atoms with Crippen molar-refractivity contribution < 1.29 is 0 Å². The number of alkyl halides is 1. The fraction of sp³-hybridized carbons (Fsp3) is 1.00. The third kappa shape index (κ3) is 3.70. The second-order valence-electron chi connectivity index (χ2n) is 7.13. The van der Waals surface area contributed by atoms with Crippen LogP contribution in [0.5, 0.6) is 0 Å². The maximum absolute atomic E-state index is 3.78. The molecule has 0 aromatic heterocycles. The molecule has 2 rings (SSSR count). The van der Waals surface area contributed by atoms with Crippen LogP contribution in [-0.2, 0) is 0 Å². The van der Waals surface area contributed by atoms with Crippen molar-refractivity contribution in [2.24, 2.45) is 10.8 Å². The summed E-state index contributed by atoms with van der Waals surface area (Å²) in [5, 5.41) is 1.21. The summed E-state index contributed by atoms with van der Waals surface area (Å²) in [6.07, 6.45) is 9.97. The molecule has 0 spiro atoms. The molecule has 0 N–H and O–H groups in total. The van der Waals surface area contributed by atoms with E-state index in [0.717, 1.165) is 0 Å². The monoisotopic (exact) mass is 301 g/mol. The van der Waals surface area contributed by atoms with Crippen LogP contribution in [0.4, 0.5) is 0 Å². The van der Waals surface area contributed by atoms with Crippen molar-refractivity contribution in [2.45, 2.75) is 58.8 Å². The summed E-state index contributed by atoms with van der Waals surface area (Å²) in [6.45, 7) is 8.87. The molecule has 1 nitrogen and oxygen atoms in total. The fourth-order valence-corrected chi connectivity index (χ4v) is 4.31. The van der Waals surface area contributed by atoms with Gasteiger partial charge in [-0.3, -0.25) is 0 Å². The molecule has 17 heavy (non-hydrogen) atoms. The zero-order chi connectivity index (χ0) is 12.4. The number of hydrogen-bond acceptors (Lipinski definition) is 1. The molecular formula is C15H28BrN. The Hall–Kier alpha value is 0.440. The number of halogens is 1. The van der Waals surface area contributed by atoms with E-state index in [4.69, 9.17) is 0 Å². The molecule has 1 aliphatic carbocycles. The minimum atomic E-state index is 0.575. The van der Waals surface area contributed by atoms with E-state index in [1.165, 1.54) is 69.9 Å². The minimum Gasteiger partial charge on any atom is -0.303 e. The predicted molar refractivity (Wildman–Crippen MR) is 78.8 cm³/mol. The van der Waals surface area contributed by atoms with Gasteiger partial charge in [-0.25, -0.2) is 0 Å². The molecule has 0 radical (unpaired) electrons. The Morgan fingerprint density at radius 1 is 0.941 bits per heavy atom. The van der Waals surface area contributed by atoms with Crippen molar-refractivity contribution in [3.63, 3.8) is 0 Å². The first-order valence-corrected chi connectivity index (χ1v) is 8.46. The molecule has 0 aromatic rings. The maximum Gasteiger partial charge on any atom is 0.0100 e. The molecule has 0 aromatic carbocycles. The largest absolute Gasteiger partial charge is 0.303 e. The summed E-state index contributed by atoms with van der Waals surface area (Å²) in [4.78, 5) is 2.75. The Morgan fingerprint density at radius 3 is 2.29 bits per heavy atom. The average Bonchev–Trinajstić information content (AvgIpc) is 2.68. The second-order valence-corrected chi connectivity index (χ2v) is 7.70. The van der Waals surface area contributed by atoms with E-state index in [0.29, 0.717) is 10.8 Å². The predicted octanol–water partition coefficient (Wildman–Crippen LogP) is 4.45. The highest BCUT2D eigenvalue weighted by molar-refractivity contribution is 9.09. The van der Waals surface area contributed by atoms with E-state index < -0.39 is 0 Å². The number of rotatable bonds is 3. The summed E-state index contributed by atoms with van der Waals surface area (Å²) in [6, 6.07) is 0. The van der Waals surface area contributed by atoms with Gasteiger partial charge in [0.25, 0.3) is 0 Å². The molecule has 0 bridgehead atoms. The van der Waals surface area contributed by atoms with Crippen molar-refractivity contribution in [3.8, 4) is 0 Å². The molecule has 0 unspecified atom stereocenters. The lowest BCUT2D eigenvalue weighted by molar-refractivity contribution is 0.171. The number of likely N-dealkylation sites (tertiary alicyclic amines) is 1. The van der Waals surface area contributed by atoms with Crippen molar-refractivity contribution in [1.29, 1.82) is 0 Å². The zero-order valence-electron chi connectivity index (χ0n) is 11.6. The summed E-state index contributed by atoms with van der Waals surface area (Å²) < 4.78 is 0. The van der Waals surface area contributed by atoms with Crippen LogP contribution in [0.15, 0.2) is 0 Å². The van der Waals surface area contributed by atoms with Crippen molar-refractivity contribution in [3.05, 3.63) is 0 Å². The average molecular weight is 302 g/mol. The van der Waals surface area contributed by atoms with Crippen molar-refractivity contribution in [2.75, 3.05) is 25.0 Å². The maximum atomic E-state index is 3.78. The highest BCUT2D eigenvalue weighted by atomic mass is 79.9. The smallest absolute Gasteiger partial charge is 0.0100 e. The van der Waals surface area contributed by atoms with Crippen LogP contribution in [0.1, 0.15) is 58.8 Å². The Kier molecular flexibility index (Phi) is 4.57. The zero-order valence-corrected chi connectivity index (χ0v) is 13.2. The molecule has 1 aliphatic heterocycles. The normalized spacial score (nSPS) is 29.1. The van der Waals surface area contributed by atoms with Crippen molar-refractivity contribution >= 4 is 15.9 Å². The highest BCUT2D eigenvalue weighted by Crippen LogP contribution is 2.41. The molecule has 1 heterocycles. The van der Waals surface area contributed by atoms with Crippen LogP contribution in [0.2, 0.25) is 0 Å². The van der Waals surface area contributed by atoms with E-state index in [2.05, 4.69) is 34.7 Å². The molecular weight excluding hydrogens is 274 g/mol. The SMILES string of the molecule is CC1(C)CCCN(CC2(CBr)CCCC2)CC1. The first-order valence-electron chi connectivity index (χ1n) is 7.34. The van der Waals surface area contributed by atoms with Crippen LogP contribution in [0.25, 0.3) is 0 Å². The van der Waals surface area contributed by atoms with Gasteiger partial charge in [0.2, 0.25) is 0 Å². The van der Waals surface area contributed by atoms with Gasteiger partial charge < -0.3 is 4.90 Å². The van der Waals surface area contributed by atoms with E-state index in [9.17, 15) is 0 Å². The molecule has 100 valence electrons. The van der Waals surface area contributed by atoms with Gasteiger partial charge in [0.1, 0.15) is 0 Å². The molecule has 2 aliphatic rings. The van der Waals surface area contributed by atoms with E-state index in [-0.39, 0.29) is 0 Å². The lowest BCUT2D eigenvalue weighted by Gasteiger charge is -2.34. The van der Waals surface area contributed by atoms with Crippen LogP contribution < -0.4 is 0 Å². The summed E-state index contributed by atoms with van der Waals surface area (Å²) in [7, 11) is 0. The van der Waals surface area contributed by atoms with E-state index >= 15 is 0 Å². The van der Waals surface area contributed by atoms with Crippen molar-refractivity contribution in [1.82, 2.24) is 4.90 Å². The van der Waals surface area contributed by atoms with Gasteiger partial charge in [0.05, 0.1) is 0 Å². The number of nitrogens with zero attached hydrogens (tertiary/aromatic N) is 1. The summed E-state index contributed by atoms with van der Waals surface area (Å²) in [5.41, 5.74) is 1.18. The van der Waals surface area contributed by atoms with Gasteiger partial charge in [-0.1, -0.05) is 42.6 Å². The Morgan fingerprint density at radius 2 is 1.65 bits per heavy atom. The van der Waals surface area contributed by atoms with Gasteiger partial charge in [-0.2, -0.15) is 0 Å². The number of hydrogen-bond donors (Lipinski definition) is 0. The van der Waals surface area contributed by atoms with E-state index in [1.807, 2.05) is 0 Å². The first-order chi connectivity index (χ1) is 8.05.